The van der Waals surface area contributed by atoms with Gasteiger partial charge in [-0.15, -0.1) is 10.2 Å². The third-order valence-electron chi connectivity index (χ3n) is 4.81. The van der Waals surface area contributed by atoms with Crippen LogP contribution in [0.5, 0.6) is 0 Å². The zero-order chi connectivity index (χ0) is 17.5. The Bertz CT molecular complexity index is 1060. The summed E-state index contributed by atoms with van der Waals surface area (Å²) in [7, 11) is 0. The first kappa shape index (κ1) is 15.1. The molecule has 7 nitrogen and oxygen atoms in total. The maximum Gasteiger partial charge on any atom is 0.200 e. The van der Waals surface area contributed by atoms with Crippen molar-refractivity contribution in [3.05, 3.63) is 66.1 Å². The molecule has 0 bridgehead atoms. The summed E-state index contributed by atoms with van der Waals surface area (Å²) in [5, 5.41) is 16.3. The van der Waals surface area contributed by atoms with Crippen LogP contribution in [0.2, 0.25) is 0 Å². The summed E-state index contributed by atoms with van der Waals surface area (Å²) >= 11 is 0. The zero-order valence-electron chi connectivity index (χ0n) is 14.5. The highest BCUT2D eigenvalue weighted by Gasteiger charge is 2.26. The zero-order valence-corrected chi connectivity index (χ0v) is 14.5. The monoisotopic (exact) mass is 345 g/mol. The molecule has 5 rings (SSSR count). The summed E-state index contributed by atoms with van der Waals surface area (Å²) in [4.78, 5) is 4.27. The van der Waals surface area contributed by atoms with Crippen LogP contribution in [0.1, 0.15) is 35.8 Å². The van der Waals surface area contributed by atoms with Crippen LogP contribution in [0.25, 0.3) is 11.3 Å². The molecule has 1 fully saturated rings. The van der Waals surface area contributed by atoms with Crippen molar-refractivity contribution < 1.29 is 0 Å². The minimum atomic E-state index is 0.583. The number of nitrogens with one attached hydrogen (secondary N) is 1. The Kier molecular flexibility index (Phi) is 3.44. The fraction of sp³-hybridized carbons (Fsp3) is 0.263. The Hall–Kier alpha value is -3.22. The molecule has 1 saturated carbocycles. The average molecular weight is 345 g/mol. The van der Waals surface area contributed by atoms with Gasteiger partial charge in [-0.1, -0.05) is 12.1 Å². The van der Waals surface area contributed by atoms with E-state index in [1.54, 1.807) is 10.8 Å². The second kappa shape index (κ2) is 5.94. The second-order valence-corrected chi connectivity index (χ2v) is 6.72. The van der Waals surface area contributed by atoms with Crippen LogP contribution in [0.15, 0.2) is 49.1 Å². The van der Waals surface area contributed by atoms with Gasteiger partial charge in [0.15, 0.2) is 0 Å². The largest absolute Gasteiger partial charge is 0.378 e. The number of anilines is 1. The molecular weight excluding hydrogens is 326 g/mol. The van der Waals surface area contributed by atoms with Crippen molar-refractivity contribution in [1.82, 2.24) is 29.4 Å². The Balaban J connectivity index is 1.37. The van der Waals surface area contributed by atoms with Gasteiger partial charge in [-0.3, -0.25) is 0 Å². The van der Waals surface area contributed by atoms with Crippen LogP contribution in [0, 0.1) is 6.92 Å². The summed E-state index contributed by atoms with van der Waals surface area (Å²) in [5.41, 5.74) is 5.18. The molecule has 0 atom stereocenters. The molecule has 0 unspecified atom stereocenters. The third kappa shape index (κ3) is 2.71. The molecule has 1 aliphatic carbocycles. The normalized spacial score (nSPS) is 14.0. The smallest absolute Gasteiger partial charge is 0.200 e. The quantitative estimate of drug-likeness (QED) is 0.602. The van der Waals surface area contributed by atoms with E-state index in [0.29, 0.717) is 5.92 Å². The number of benzene rings is 1. The van der Waals surface area contributed by atoms with E-state index >= 15 is 0 Å². The molecule has 3 aromatic heterocycles. The van der Waals surface area contributed by atoms with Gasteiger partial charge in [0.2, 0.25) is 5.65 Å². The van der Waals surface area contributed by atoms with Crippen molar-refractivity contribution in [3.8, 4) is 5.69 Å². The van der Waals surface area contributed by atoms with E-state index in [-0.39, 0.29) is 0 Å². The Labute approximate surface area is 150 Å². The summed E-state index contributed by atoms with van der Waals surface area (Å²) in [5.74, 6) is 1.56. The summed E-state index contributed by atoms with van der Waals surface area (Å²) in [6.07, 6.45) is 7.88. The van der Waals surface area contributed by atoms with Crippen molar-refractivity contribution in [1.29, 1.82) is 0 Å². The molecule has 7 heteroatoms. The number of hydrogen-bond donors (Lipinski definition) is 1. The molecule has 1 aromatic carbocycles. The number of rotatable bonds is 5. The minimum absolute atomic E-state index is 0.583. The maximum absolute atomic E-state index is 4.60. The lowest BCUT2D eigenvalue weighted by molar-refractivity contribution is 0.850. The molecule has 0 saturated heterocycles. The molecule has 4 aromatic rings. The van der Waals surface area contributed by atoms with E-state index in [1.165, 1.54) is 18.4 Å². The van der Waals surface area contributed by atoms with Gasteiger partial charge in [-0.25, -0.2) is 4.98 Å². The van der Waals surface area contributed by atoms with E-state index in [9.17, 15) is 0 Å². The van der Waals surface area contributed by atoms with Crippen LogP contribution in [-0.2, 0) is 6.54 Å². The Morgan fingerprint density at radius 2 is 2.04 bits per heavy atom. The number of imidazole rings is 1. The van der Waals surface area contributed by atoms with Gasteiger partial charge in [0.25, 0.3) is 0 Å². The molecular formula is C19H19N7. The summed E-state index contributed by atoms with van der Waals surface area (Å²) < 4.78 is 3.84. The molecule has 26 heavy (non-hydrogen) atoms. The van der Waals surface area contributed by atoms with Gasteiger partial charge in [0.05, 0.1) is 11.4 Å². The lowest BCUT2D eigenvalue weighted by Crippen LogP contribution is -2.05. The van der Waals surface area contributed by atoms with E-state index in [4.69, 9.17) is 0 Å². The first-order valence-corrected chi connectivity index (χ1v) is 8.82. The van der Waals surface area contributed by atoms with Gasteiger partial charge in [-0.2, -0.15) is 9.61 Å². The first-order chi connectivity index (χ1) is 12.8. The molecule has 0 aliphatic heterocycles. The molecule has 0 spiro atoms. The molecule has 0 amide bonds. The molecule has 3 heterocycles. The van der Waals surface area contributed by atoms with Crippen molar-refractivity contribution in [2.45, 2.75) is 32.2 Å². The fourth-order valence-electron chi connectivity index (χ4n) is 3.18. The fourth-order valence-corrected chi connectivity index (χ4v) is 3.18. The maximum atomic E-state index is 4.60. The Morgan fingerprint density at radius 3 is 2.77 bits per heavy atom. The van der Waals surface area contributed by atoms with E-state index < -0.39 is 0 Å². The predicted octanol–water partition coefficient (Wildman–Crippen LogP) is 3.11. The summed E-state index contributed by atoms with van der Waals surface area (Å²) in [6.45, 7) is 2.72. The van der Waals surface area contributed by atoms with Crippen molar-refractivity contribution in [2.75, 3.05) is 5.32 Å². The standard InChI is InChI=1S/C19H19N7/c1-13-20-8-9-25(13)16-6-2-14(3-7-16)11-21-18-10-17(15-4-5-15)24-26-12-22-23-19(18)26/h2-3,6-10,12,15,21H,4-5,11H2,1H3. The van der Waals surface area contributed by atoms with E-state index in [2.05, 4.69) is 60.5 Å². The van der Waals surface area contributed by atoms with Gasteiger partial charge in [-0.05, 0) is 43.5 Å². The van der Waals surface area contributed by atoms with Crippen LogP contribution < -0.4 is 5.32 Å². The lowest BCUT2D eigenvalue weighted by Gasteiger charge is -2.10. The molecule has 1 aliphatic rings. The number of nitrogens with zero attached hydrogens (tertiary/aromatic N) is 6. The average Bonchev–Trinajstić information content (AvgIpc) is 3.25. The highest BCUT2D eigenvalue weighted by Crippen LogP contribution is 2.39. The van der Waals surface area contributed by atoms with E-state index in [0.717, 1.165) is 35.1 Å². The first-order valence-electron chi connectivity index (χ1n) is 8.82. The number of aromatic nitrogens is 6. The highest BCUT2D eigenvalue weighted by atomic mass is 15.3. The summed E-state index contributed by atoms with van der Waals surface area (Å²) in [6, 6.07) is 10.6. The van der Waals surface area contributed by atoms with Gasteiger partial charge in [0.1, 0.15) is 12.2 Å². The van der Waals surface area contributed by atoms with Crippen LogP contribution >= 0.6 is 0 Å². The Morgan fingerprint density at radius 1 is 1.19 bits per heavy atom. The van der Waals surface area contributed by atoms with Crippen molar-refractivity contribution in [2.24, 2.45) is 0 Å². The molecule has 0 radical (unpaired) electrons. The molecule has 1 N–H and O–H groups in total. The number of aryl methyl sites for hydroxylation is 1. The van der Waals surface area contributed by atoms with Crippen molar-refractivity contribution in [3.63, 3.8) is 0 Å². The third-order valence-corrected chi connectivity index (χ3v) is 4.81. The lowest BCUT2D eigenvalue weighted by atomic mass is 10.2. The van der Waals surface area contributed by atoms with Gasteiger partial charge >= 0.3 is 0 Å². The van der Waals surface area contributed by atoms with Gasteiger partial charge in [0, 0.05) is 30.5 Å². The topological polar surface area (TPSA) is 72.9 Å². The molecule has 130 valence electrons. The van der Waals surface area contributed by atoms with Crippen LogP contribution in [0.4, 0.5) is 5.69 Å². The van der Waals surface area contributed by atoms with Gasteiger partial charge < -0.3 is 9.88 Å². The predicted molar refractivity (Wildman–Crippen MR) is 98.4 cm³/mol. The van der Waals surface area contributed by atoms with E-state index in [1.807, 2.05) is 19.3 Å². The van der Waals surface area contributed by atoms with Crippen LogP contribution in [-0.4, -0.2) is 29.4 Å². The van der Waals surface area contributed by atoms with Crippen LogP contribution in [0.3, 0.4) is 0 Å². The number of hydrogen-bond acceptors (Lipinski definition) is 5. The minimum Gasteiger partial charge on any atom is -0.378 e. The second-order valence-electron chi connectivity index (χ2n) is 6.72. The SMILES string of the molecule is Cc1nccn1-c1ccc(CNc2cc(C3CC3)nn3cnnc23)cc1. The van der Waals surface area contributed by atoms with Crippen molar-refractivity contribution >= 4 is 11.3 Å². The highest BCUT2D eigenvalue weighted by molar-refractivity contribution is 5.67. The number of fused-ring (bicyclic) bond motifs is 1.